The third-order valence-electron chi connectivity index (χ3n) is 4.15. The summed E-state index contributed by atoms with van der Waals surface area (Å²) in [7, 11) is 1.70. The summed E-state index contributed by atoms with van der Waals surface area (Å²) in [6.07, 6.45) is 0.325. The number of halogens is 3. The predicted octanol–water partition coefficient (Wildman–Crippen LogP) is 4.23. The number of benzene rings is 1. The number of anilines is 1. The van der Waals surface area contributed by atoms with E-state index in [1.165, 1.54) is 12.3 Å². The maximum atomic E-state index is 12.8. The maximum Gasteiger partial charge on any atom is 0.416 e. The van der Waals surface area contributed by atoms with E-state index in [1.807, 2.05) is 0 Å². The second-order valence-corrected chi connectivity index (χ2v) is 5.60. The van der Waals surface area contributed by atoms with Crippen LogP contribution in [0, 0.1) is 0 Å². The van der Waals surface area contributed by atoms with Gasteiger partial charge in [0.2, 0.25) is 0 Å². The Balaban J connectivity index is 1.88. The highest BCUT2D eigenvalue weighted by molar-refractivity contribution is 5.91. The molecular weight excluding hydrogens is 293 g/mol. The van der Waals surface area contributed by atoms with Crippen molar-refractivity contribution < 1.29 is 17.9 Å². The van der Waals surface area contributed by atoms with E-state index >= 15 is 0 Å². The van der Waals surface area contributed by atoms with Crippen LogP contribution in [0.2, 0.25) is 0 Å². The molecule has 2 atom stereocenters. The van der Waals surface area contributed by atoms with Crippen molar-refractivity contribution >= 4 is 16.6 Å². The number of aromatic nitrogens is 1. The van der Waals surface area contributed by atoms with Gasteiger partial charge in [0.05, 0.1) is 17.2 Å². The average molecular weight is 310 g/mol. The summed E-state index contributed by atoms with van der Waals surface area (Å²) < 4.78 is 43.6. The normalized spacial score (nSPS) is 22.2. The molecule has 6 heteroatoms. The molecule has 3 nitrogen and oxygen atoms in total. The lowest BCUT2D eigenvalue weighted by Gasteiger charge is -2.16. The van der Waals surface area contributed by atoms with Crippen LogP contribution in [0.25, 0.3) is 10.9 Å². The van der Waals surface area contributed by atoms with Crippen molar-refractivity contribution in [2.24, 2.45) is 0 Å². The fourth-order valence-corrected chi connectivity index (χ4v) is 2.96. The van der Waals surface area contributed by atoms with Gasteiger partial charge in [0.15, 0.2) is 0 Å². The van der Waals surface area contributed by atoms with Gasteiger partial charge in [-0.2, -0.15) is 13.2 Å². The molecule has 0 amide bonds. The molecule has 22 heavy (non-hydrogen) atoms. The molecule has 1 heterocycles. The van der Waals surface area contributed by atoms with E-state index in [0.717, 1.165) is 37.1 Å². The standard InChI is InChI=1S/C16H17F3N2O/c1-22-12-4-3-11(9-12)21-14-6-7-20-15-8-10(16(17,18)19)2-5-13(14)15/h2,5-8,11-12H,3-4,9H2,1H3,(H,20,21). The molecule has 0 bridgehead atoms. The molecule has 0 spiro atoms. The van der Waals surface area contributed by atoms with Gasteiger partial charge in [-0.1, -0.05) is 6.07 Å². The summed E-state index contributed by atoms with van der Waals surface area (Å²) in [6.45, 7) is 0. The Morgan fingerprint density at radius 3 is 2.73 bits per heavy atom. The molecule has 1 saturated carbocycles. The molecule has 2 unspecified atom stereocenters. The number of hydrogen-bond acceptors (Lipinski definition) is 3. The minimum absolute atomic E-state index is 0.252. The SMILES string of the molecule is COC1CCC(Nc2ccnc3cc(C(F)(F)F)ccc23)C1. The van der Waals surface area contributed by atoms with Crippen LogP contribution in [-0.4, -0.2) is 24.2 Å². The van der Waals surface area contributed by atoms with E-state index in [1.54, 1.807) is 13.2 Å². The molecule has 1 aromatic carbocycles. The number of hydrogen-bond donors (Lipinski definition) is 1. The van der Waals surface area contributed by atoms with Crippen LogP contribution in [0.3, 0.4) is 0 Å². The first-order valence-corrected chi connectivity index (χ1v) is 7.22. The van der Waals surface area contributed by atoms with Crippen molar-refractivity contribution in [3.05, 3.63) is 36.0 Å². The van der Waals surface area contributed by atoms with Crippen molar-refractivity contribution in [2.75, 3.05) is 12.4 Å². The second-order valence-electron chi connectivity index (χ2n) is 5.60. The third kappa shape index (κ3) is 3.02. The Morgan fingerprint density at radius 2 is 2.05 bits per heavy atom. The highest BCUT2D eigenvalue weighted by Gasteiger charge is 2.31. The van der Waals surface area contributed by atoms with Crippen molar-refractivity contribution in [2.45, 2.75) is 37.6 Å². The molecule has 1 N–H and O–H groups in total. The summed E-state index contributed by atoms with van der Waals surface area (Å²) in [5, 5.41) is 4.11. The minimum Gasteiger partial charge on any atom is -0.382 e. The predicted molar refractivity (Wildman–Crippen MR) is 78.8 cm³/mol. The number of methoxy groups -OCH3 is 1. The molecule has 1 fully saturated rings. The summed E-state index contributed by atoms with van der Waals surface area (Å²) in [5.41, 5.74) is 0.492. The van der Waals surface area contributed by atoms with Gasteiger partial charge in [-0.15, -0.1) is 0 Å². The second kappa shape index (κ2) is 5.76. The van der Waals surface area contributed by atoms with Gasteiger partial charge in [-0.05, 0) is 37.5 Å². The lowest BCUT2D eigenvalue weighted by Crippen LogP contribution is -2.17. The number of pyridine rings is 1. The Hall–Kier alpha value is -1.82. The van der Waals surface area contributed by atoms with E-state index in [4.69, 9.17) is 4.74 Å². The lowest BCUT2D eigenvalue weighted by atomic mass is 10.1. The molecule has 1 aromatic heterocycles. The van der Waals surface area contributed by atoms with Gasteiger partial charge >= 0.3 is 6.18 Å². The molecule has 2 aromatic rings. The number of ether oxygens (including phenoxy) is 1. The van der Waals surface area contributed by atoms with Crippen molar-refractivity contribution in [1.29, 1.82) is 0 Å². The van der Waals surface area contributed by atoms with Crippen LogP contribution in [0.1, 0.15) is 24.8 Å². The molecule has 1 aliphatic rings. The van der Waals surface area contributed by atoms with Crippen molar-refractivity contribution in [1.82, 2.24) is 4.98 Å². The zero-order valence-corrected chi connectivity index (χ0v) is 12.2. The van der Waals surface area contributed by atoms with E-state index in [2.05, 4.69) is 10.3 Å². The number of alkyl halides is 3. The Kier molecular flexibility index (Phi) is 3.95. The fourth-order valence-electron chi connectivity index (χ4n) is 2.96. The van der Waals surface area contributed by atoms with Gasteiger partial charge in [0, 0.05) is 30.4 Å². The Labute approximate surface area is 126 Å². The minimum atomic E-state index is -4.35. The third-order valence-corrected chi connectivity index (χ3v) is 4.15. The number of rotatable bonds is 3. The molecule has 0 aliphatic heterocycles. The molecule has 1 aliphatic carbocycles. The van der Waals surface area contributed by atoms with Crippen molar-refractivity contribution in [3.63, 3.8) is 0 Å². The van der Waals surface area contributed by atoms with Crippen LogP contribution in [0.5, 0.6) is 0 Å². The highest BCUT2D eigenvalue weighted by atomic mass is 19.4. The van der Waals surface area contributed by atoms with Gasteiger partial charge in [-0.3, -0.25) is 4.98 Å². The monoisotopic (exact) mass is 310 g/mol. The average Bonchev–Trinajstić information content (AvgIpc) is 2.94. The first-order valence-electron chi connectivity index (χ1n) is 7.22. The van der Waals surface area contributed by atoms with Crippen LogP contribution in [0.4, 0.5) is 18.9 Å². The Bertz CT molecular complexity index is 672. The van der Waals surface area contributed by atoms with E-state index < -0.39 is 11.7 Å². The van der Waals surface area contributed by atoms with Gasteiger partial charge < -0.3 is 10.1 Å². The largest absolute Gasteiger partial charge is 0.416 e. The summed E-state index contributed by atoms with van der Waals surface area (Å²) >= 11 is 0. The molecule has 118 valence electrons. The fraction of sp³-hybridized carbons (Fsp3) is 0.438. The molecule has 3 rings (SSSR count). The zero-order chi connectivity index (χ0) is 15.7. The van der Waals surface area contributed by atoms with E-state index in [9.17, 15) is 13.2 Å². The van der Waals surface area contributed by atoms with Gasteiger partial charge in [-0.25, -0.2) is 0 Å². The molecular formula is C16H17F3N2O. The first kappa shape index (κ1) is 15.1. The lowest BCUT2D eigenvalue weighted by molar-refractivity contribution is -0.137. The van der Waals surface area contributed by atoms with Gasteiger partial charge in [0.25, 0.3) is 0 Å². The van der Waals surface area contributed by atoms with Crippen LogP contribution < -0.4 is 5.32 Å². The van der Waals surface area contributed by atoms with Gasteiger partial charge in [0.1, 0.15) is 0 Å². The smallest absolute Gasteiger partial charge is 0.382 e. The zero-order valence-electron chi connectivity index (χ0n) is 12.2. The van der Waals surface area contributed by atoms with Crippen molar-refractivity contribution in [3.8, 4) is 0 Å². The topological polar surface area (TPSA) is 34.1 Å². The molecule has 0 radical (unpaired) electrons. The number of fused-ring (bicyclic) bond motifs is 1. The number of nitrogens with one attached hydrogen (secondary N) is 1. The Morgan fingerprint density at radius 1 is 1.23 bits per heavy atom. The van der Waals surface area contributed by atoms with Crippen LogP contribution in [0.15, 0.2) is 30.5 Å². The summed E-state index contributed by atoms with van der Waals surface area (Å²) in [6, 6.07) is 5.75. The van der Waals surface area contributed by atoms with Crippen LogP contribution >= 0.6 is 0 Å². The highest BCUT2D eigenvalue weighted by Crippen LogP contribution is 2.33. The number of nitrogens with zero attached hydrogens (tertiary/aromatic N) is 1. The maximum absolute atomic E-state index is 12.8. The van der Waals surface area contributed by atoms with E-state index in [0.29, 0.717) is 10.9 Å². The van der Waals surface area contributed by atoms with Crippen LogP contribution in [-0.2, 0) is 10.9 Å². The summed E-state index contributed by atoms with van der Waals surface area (Å²) in [4.78, 5) is 4.06. The summed E-state index contributed by atoms with van der Waals surface area (Å²) in [5.74, 6) is 0. The van der Waals surface area contributed by atoms with E-state index in [-0.39, 0.29) is 12.1 Å². The quantitative estimate of drug-likeness (QED) is 0.921. The first-order chi connectivity index (χ1) is 10.5. The molecule has 0 saturated heterocycles.